The fourth-order valence-corrected chi connectivity index (χ4v) is 4.59. The van der Waals surface area contributed by atoms with Crippen molar-refractivity contribution in [3.63, 3.8) is 0 Å². The summed E-state index contributed by atoms with van der Waals surface area (Å²) in [5.74, 6) is 0.230. The third kappa shape index (κ3) is 2.63. The lowest BCUT2D eigenvalue weighted by atomic mass is 10.1. The quantitative estimate of drug-likeness (QED) is 0.870. The number of nitrogens with zero attached hydrogens (tertiary/aromatic N) is 2. The Morgan fingerprint density at radius 2 is 2.23 bits per heavy atom. The molecule has 4 nitrogen and oxygen atoms in total. The number of amides is 1. The molecule has 3 heterocycles. The van der Waals surface area contributed by atoms with E-state index < -0.39 is 0 Å². The van der Waals surface area contributed by atoms with Crippen molar-refractivity contribution in [2.45, 2.75) is 44.2 Å². The number of hydrogen-bond donors (Lipinski definition) is 0. The molecular formula is C17H20N2O2S. The van der Waals surface area contributed by atoms with Crippen molar-refractivity contribution in [2.24, 2.45) is 0 Å². The fourth-order valence-electron chi connectivity index (χ4n) is 3.47. The van der Waals surface area contributed by atoms with Crippen LogP contribution in [-0.4, -0.2) is 35.0 Å². The van der Waals surface area contributed by atoms with Crippen LogP contribution >= 0.6 is 11.3 Å². The number of ether oxygens (including phenoxy) is 1. The van der Waals surface area contributed by atoms with Gasteiger partial charge in [-0.15, -0.1) is 11.3 Å². The molecule has 0 aliphatic carbocycles. The van der Waals surface area contributed by atoms with Gasteiger partial charge >= 0.3 is 0 Å². The van der Waals surface area contributed by atoms with Crippen LogP contribution in [0.25, 0.3) is 10.2 Å². The summed E-state index contributed by atoms with van der Waals surface area (Å²) in [6, 6.07) is 8.36. The molecule has 22 heavy (non-hydrogen) atoms. The maximum absolute atomic E-state index is 12.6. The van der Waals surface area contributed by atoms with Crippen LogP contribution in [0.15, 0.2) is 24.3 Å². The lowest BCUT2D eigenvalue weighted by Gasteiger charge is -2.24. The lowest BCUT2D eigenvalue weighted by Crippen LogP contribution is -2.32. The second-order valence-electron chi connectivity index (χ2n) is 6.10. The Morgan fingerprint density at radius 3 is 3.05 bits per heavy atom. The van der Waals surface area contributed by atoms with Crippen molar-refractivity contribution in [3.8, 4) is 0 Å². The third-order valence-electron chi connectivity index (χ3n) is 4.59. The van der Waals surface area contributed by atoms with Crippen molar-refractivity contribution in [1.29, 1.82) is 0 Å². The molecule has 2 fully saturated rings. The Kier molecular flexibility index (Phi) is 3.84. The van der Waals surface area contributed by atoms with Crippen LogP contribution in [0, 0.1) is 0 Å². The number of aromatic nitrogens is 1. The van der Waals surface area contributed by atoms with Crippen LogP contribution in [0.5, 0.6) is 0 Å². The number of carbonyl (C=O) groups is 1. The molecule has 0 saturated carbocycles. The monoisotopic (exact) mass is 316 g/mol. The first-order valence-electron chi connectivity index (χ1n) is 8.08. The molecule has 5 heteroatoms. The molecule has 116 valence electrons. The van der Waals surface area contributed by atoms with Gasteiger partial charge in [-0.3, -0.25) is 4.79 Å². The molecule has 2 aromatic rings. The Balaban J connectivity index is 1.53. The number of benzene rings is 1. The van der Waals surface area contributed by atoms with Gasteiger partial charge < -0.3 is 9.64 Å². The minimum absolute atomic E-state index is 0.129. The Hall–Kier alpha value is -1.46. The average Bonchev–Trinajstić information content (AvgIpc) is 3.26. The van der Waals surface area contributed by atoms with E-state index in [1.165, 1.54) is 4.70 Å². The topological polar surface area (TPSA) is 42.4 Å². The van der Waals surface area contributed by atoms with Crippen LogP contribution in [0.3, 0.4) is 0 Å². The zero-order chi connectivity index (χ0) is 14.9. The maximum Gasteiger partial charge on any atom is 0.225 e. The highest BCUT2D eigenvalue weighted by atomic mass is 32.1. The number of para-hydroxylation sites is 1. The summed E-state index contributed by atoms with van der Waals surface area (Å²) >= 11 is 1.72. The summed E-state index contributed by atoms with van der Waals surface area (Å²) in [6.07, 6.45) is 4.85. The van der Waals surface area contributed by atoms with Gasteiger partial charge in [-0.05, 0) is 37.8 Å². The summed E-state index contributed by atoms with van der Waals surface area (Å²) in [4.78, 5) is 19.4. The fraction of sp³-hybridized carbons (Fsp3) is 0.529. The minimum atomic E-state index is 0.129. The largest absolute Gasteiger partial charge is 0.378 e. The number of hydrogen-bond acceptors (Lipinski definition) is 4. The third-order valence-corrected chi connectivity index (χ3v) is 5.73. The van der Waals surface area contributed by atoms with Crippen molar-refractivity contribution >= 4 is 27.5 Å². The summed E-state index contributed by atoms with van der Waals surface area (Å²) in [5.41, 5.74) is 1.04. The van der Waals surface area contributed by atoms with Gasteiger partial charge in [0.25, 0.3) is 0 Å². The van der Waals surface area contributed by atoms with Gasteiger partial charge in [-0.2, -0.15) is 0 Å². The van der Waals surface area contributed by atoms with Gasteiger partial charge in [0.2, 0.25) is 5.91 Å². The van der Waals surface area contributed by atoms with Crippen LogP contribution in [0.1, 0.15) is 43.2 Å². The molecule has 0 unspecified atom stereocenters. The lowest BCUT2D eigenvalue weighted by molar-refractivity contribution is -0.134. The molecule has 1 amide bonds. The Labute approximate surface area is 134 Å². The summed E-state index contributed by atoms with van der Waals surface area (Å²) < 4.78 is 6.82. The molecule has 0 bridgehead atoms. The van der Waals surface area contributed by atoms with E-state index in [9.17, 15) is 4.79 Å². The van der Waals surface area contributed by atoms with Crippen LogP contribution in [0.2, 0.25) is 0 Å². The number of fused-ring (bicyclic) bond motifs is 1. The van der Waals surface area contributed by atoms with Gasteiger partial charge in [-0.1, -0.05) is 12.1 Å². The molecule has 2 aliphatic rings. The number of thiazole rings is 1. The smallest absolute Gasteiger partial charge is 0.225 e. The highest BCUT2D eigenvalue weighted by Crippen LogP contribution is 2.37. The SMILES string of the molecule is O=C(C[C@@H]1CCCO1)N1CCC[C@H]1c1nc2ccccc2s1. The first kappa shape index (κ1) is 14.2. The summed E-state index contributed by atoms with van der Waals surface area (Å²) in [5, 5.41) is 1.08. The van der Waals surface area contributed by atoms with E-state index >= 15 is 0 Å². The zero-order valence-electron chi connectivity index (χ0n) is 12.5. The first-order chi connectivity index (χ1) is 10.8. The maximum atomic E-state index is 12.6. The number of rotatable bonds is 3. The van der Waals surface area contributed by atoms with Gasteiger partial charge in [0.1, 0.15) is 5.01 Å². The van der Waals surface area contributed by atoms with Crippen LogP contribution in [-0.2, 0) is 9.53 Å². The number of carbonyl (C=O) groups excluding carboxylic acids is 1. The molecule has 1 aromatic heterocycles. The second kappa shape index (κ2) is 5.97. The Bertz CT molecular complexity index is 645. The first-order valence-corrected chi connectivity index (χ1v) is 8.89. The average molecular weight is 316 g/mol. The van der Waals surface area contributed by atoms with Crippen LogP contribution in [0.4, 0.5) is 0 Å². The summed E-state index contributed by atoms with van der Waals surface area (Å²) in [6.45, 7) is 1.66. The van der Waals surface area contributed by atoms with Gasteiger partial charge in [-0.25, -0.2) is 4.98 Å². The van der Waals surface area contributed by atoms with Crippen molar-refractivity contribution in [1.82, 2.24) is 9.88 Å². The minimum Gasteiger partial charge on any atom is -0.378 e. The normalized spacial score (nSPS) is 25.2. The molecule has 0 spiro atoms. The molecule has 0 radical (unpaired) electrons. The highest BCUT2D eigenvalue weighted by molar-refractivity contribution is 7.18. The molecule has 4 rings (SSSR count). The van der Waals surface area contributed by atoms with Gasteiger partial charge in [0, 0.05) is 13.2 Å². The van der Waals surface area contributed by atoms with E-state index in [0.29, 0.717) is 6.42 Å². The molecule has 2 saturated heterocycles. The molecule has 1 aromatic carbocycles. The van der Waals surface area contributed by atoms with E-state index in [0.717, 1.165) is 49.4 Å². The number of likely N-dealkylation sites (tertiary alicyclic amines) is 1. The Morgan fingerprint density at radius 1 is 1.32 bits per heavy atom. The van der Waals surface area contributed by atoms with E-state index in [4.69, 9.17) is 9.72 Å². The molecule has 2 atom stereocenters. The highest BCUT2D eigenvalue weighted by Gasteiger charge is 2.33. The van der Waals surface area contributed by atoms with E-state index in [-0.39, 0.29) is 18.1 Å². The van der Waals surface area contributed by atoms with Crippen molar-refractivity contribution in [3.05, 3.63) is 29.3 Å². The van der Waals surface area contributed by atoms with Crippen molar-refractivity contribution < 1.29 is 9.53 Å². The van der Waals surface area contributed by atoms with Gasteiger partial charge in [0.05, 0.1) is 28.8 Å². The van der Waals surface area contributed by atoms with Crippen molar-refractivity contribution in [2.75, 3.05) is 13.2 Å². The predicted octanol–water partition coefficient (Wildman–Crippen LogP) is 3.53. The van der Waals surface area contributed by atoms with Crippen LogP contribution < -0.4 is 0 Å². The van der Waals surface area contributed by atoms with E-state index in [1.807, 2.05) is 23.1 Å². The standard InChI is InChI=1S/C17H20N2O2S/c20-16(11-12-5-4-10-21-12)19-9-3-7-14(19)17-18-13-6-1-2-8-15(13)22-17/h1-2,6,8,12,14H,3-5,7,9-11H2/t12-,14-/m0/s1. The molecular weight excluding hydrogens is 296 g/mol. The molecule has 0 N–H and O–H groups in total. The predicted molar refractivity (Wildman–Crippen MR) is 86.9 cm³/mol. The van der Waals surface area contributed by atoms with E-state index in [2.05, 4.69) is 6.07 Å². The van der Waals surface area contributed by atoms with E-state index in [1.54, 1.807) is 11.3 Å². The zero-order valence-corrected chi connectivity index (χ0v) is 13.3. The second-order valence-corrected chi connectivity index (χ2v) is 7.17. The van der Waals surface area contributed by atoms with Gasteiger partial charge in [0.15, 0.2) is 0 Å². The summed E-state index contributed by atoms with van der Waals surface area (Å²) in [7, 11) is 0. The molecule has 2 aliphatic heterocycles.